The van der Waals surface area contributed by atoms with Gasteiger partial charge >= 0.3 is 6.09 Å². The Bertz CT molecular complexity index is 567. The standard InChI is InChI=1S/C18H27NO3Si/c1-18(2,3)23(5,6)22-15-11-10-14-19(17(20)21-4)16-12-8-7-9-13-16/h7-9,12-13H,11,15H2,1-6H3. The summed E-state index contributed by atoms with van der Waals surface area (Å²) < 4.78 is 10.9. The van der Waals surface area contributed by atoms with Crippen molar-refractivity contribution in [2.24, 2.45) is 0 Å². The third-order valence-electron chi connectivity index (χ3n) is 4.06. The van der Waals surface area contributed by atoms with Gasteiger partial charge in [-0.3, -0.25) is 0 Å². The summed E-state index contributed by atoms with van der Waals surface area (Å²) in [4.78, 5) is 13.2. The van der Waals surface area contributed by atoms with Crippen LogP contribution in [0.25, 0.3) is 0 Å². The number of anilines is 1. The predicted molar refractivity (Wildman–Crippen MR) is 96.9 cm³/mol. The molecule has 1 amide bonds. The maximum Gasteiger partial charge on any atom is 0.426 e. The number of para-hydroxylation sites is 1. The van der Waals surface area contributed by atoms with Gasteiger partial charge in [-0.2, -0.15) is 0 Å². The topological polar surface area (TPSA) is 38.8 Å². The molecule has 0 N–H and O–H groups in total. The molecule has 1 rings (SSSR count). The van der Waals surface area contributed by atoms with Crippen LogP contribution in [-0.2, 0) is 9.16 Å². The van der Waals surface area contributed by atoms with Gasteiger partial charge in [0.05, 0.1) is 12.8 Å². The fraction of sp³-hybridized carbons (Fsp3) is 0.500. The van der Waals surface area contributed by atoms with E-state index in [9.17, 15) is 4.79 Å². The van der Waals surface area contributed by atoms with Gasteiger partial charge in [-0.15, -0.1) is 0 Å². The first kappa shape index (κ1) is 19.3. The first-order valence-corrected chi connectivity index (χ1v) is 10.7. The Kier molecular flexibility index (Phi) is 6.86. The summed E-state index contributed by atoms with van der Waals surface area (Å²) in [6.45, 7) is 11.6. The summed E-state index contributed by atoms with van der Waals surface area (Å²) in [5.41, 5.74) is 0.692. The molecule has 23 heavy (non-hydrogen) atoms. The predicted octanol–water partition coefficient (Wildman–Crippen LogP) is 4.63. The van der Waals surface area contributed by atoms with Crippen LogP contribution in [0.1, 0.15) is 27.2 Å². The van der Waals surface area contributed by atoms with Crippen molar-refractivity contribution >= 4 is 20.1 Å². The van der Waals surface area contributed by atoms with Crippen LogP contribution in [0.2, 0.25) is 18.1 Å². The number of carbonyl (C=O) groups is 1. The number of nitrogens with zero attached hydrogens (tertiary/aromatic N) is 1. The van der Waals surface area contributed by atoms with Crippen molar-refractivity contribution in [3.63, 3.8) is 0 Å². The lowest BCUT2D eigenvalue weighted by Gasteiger charge is -2.35. The molecule has 0 unspecified atom stereocenters. The molecule has 0 heterocycles. The average Bonchev–Trinajstić information content (AvgIpc) is 2.49. The number of hydrogen-bond acceptors (Lipinski definition) is 3. The Balaban J connectivity index is 2.67. The third-order valence-corrected chi connectivity index (χ3v) is 8.60. The van der Waals surface area contributed by atoms with E-state index in [1.807, 2.05) is 30.3 Å². The second-order valence-corrected chi connectivity index (χ2v) is 11.6. The van der Waals surface area contributed by atoms with Crippen LogP contribution in [0.3, 0.4) is 0 Å². The van der Waals surface area contributed by atoms with Crippen molar-refractivity contribution in [2.45, 2.75) is 45.3 Å². The molecule has 126 valence electrons. The van der Waals surface area contributed by atoms with Crippen LogP contribution >= 0.6 is 0 Å². The minimum atomic E-state index is -1.75. The minimum Gasteiger partial charge on any atom is -0.452 e. The molecule has 0 aromatic heterocycles. The van der Waals surface area contributed by atoms with E-state index in [4.69, 9.17) is 9.16 Å². The molecule has 1 aromatic carbocycles. The molecule has 0 aliphatic rings. The van der Waals surface area contributed by atoms with Crippen LogP contribution in [0.4, 0.5) is 10.5 Å². The number of benzene rings is 1. The Morgan fingerprint density at radius 1 is 1.22 bits per heavy atom. The Labute approximate surface area is 140 Å². The molecule has 1 aromatic rings. The molecule has 0 radical (unpaired) electrons. The monoisotopic (exact) mass is 333 g/mol. The van der Waals surface area contributed by atoms with Gasteiger partial charge in [0.25, 0.3) is 0 Å². The highest BCUT2D eigenvalue weighted by atomic mass is 28.4. The Morgan fingerprint density at radius 2 is 1.83 bits per heavy atom. The number of rotatable bonds is 4. The molecule has 0 aliphatic carbocycles. The van der Waals surface area contributed by atoms with E-state index < -0.39 is 14.4 Å². The molecular formula is C18H27NO3Si. The molecule has 0 bridgehead atoms. The van der Waals surface area contributed by atoms with Crippen LogP contribution in [0.15, 0.2) is 30.3 Å². The Morgan fingerprint density at radius 3 is 2.35 bits per heavy atom. The smallest absolute Gasteiger partial charge is 0.426 e. The van der Waals surface area contributed by atoms with E-state index in [1.54, 1.807) is 0 Å². The van der Waals surface area contributed by atoms with Crippen molar-refractivity contribution in [1.82, 2.24) is 0 Å². The van der Waals surface area contributed by atoms with Gasteiger partial charge in [0, 0.05) is 19.1 Å². The summed E-state index contributed by atoms with van der Waals surface area (Å²) in [6.07, 6.45) is 0.0846. The van der Waals surface area contributed by atoms with E-state index in [-0.39, 0.29) is 5.04 Å². The number of carbonyl (C=O) groups excluding carboxylic acids is 1. The highest BCUT2D eigenvalue weighted by molar-refractivity contribution is 6.74. The van der Waals surface area contributed by atoms with Crippen molar-refractivity contribution in [3.8, 4) is 12.0 Å². The lowest BCUT2D eigenvalue weighted by molar-refractivity contribution is 0.182. The number of hydrogen-bond donors (Lipinski definition) is 0. The molecule has 0 saturated carbocycles. The summed E-state index contributed by atoms with van der Waals surface area (Å²) in [5.74, 6) is 3.00. The molecule has 4 nitrogen and oxygen atoms in total. The maximum absolute atomic E-state index is 11.8. The van der Waals surface area contributed by atoms with Crippen molar-refractivity contribution in [1.29, 1.82) is 0 Å². The molecule has 0 aliphatic heterocycles. The molecule has 5 heteroatoms. The summed E-state index contributed by atoms with van der Waals surface area (Å²) in [7, 11) is -0.400. The van der Waals surface area contributed by atoms with Gasteiger partial charge < -0.3 is 9.16 Å². The molecule has 0 spiro atoms. The van der Waals surface area contributed by atoms with Crippen LogP contribution in [0.5, 0.6) is 0 Å². The number of amides is 1. The van der Waals surface area contributed by atoms with Gasteiger partial charge in [0.2, 0.25) is 0 Å². The van der Waals surface area contributed by atoms with Gasteiger partial charge in [0.1, 0.15) is 0 Å². The van der Waals surface area contributed by atoms with E-state index >= 15 is 0 Å². The first-order valence-electron chi connectivity index (χ1n) is 7.74. The average molecular weight is 334 g/mol. The third kappa shape index (κ3) is 5.74. The summed E-state index contributed by atoms with van der Waals surface area (Å²) >= 11 is 0. The van der Waals surface area contributed by atoms with Crippen molar-refractivity contribution in [3.05, 3.63) is 30.3 Å². The van der Waals surface area contributed by atoms with Crippen LogP contribution in [0, 0.1) is 12.0 Å². The molecule has 0 saturated heterocycles. The fourth-order valence-corrected chi connectivity index (χ4v) is 2.64. The number of methoxy groups -OCH3 is 1. The number of ether oxygens (including phenoxy) is 1. The van der Waals surface area contributed by atoms with Crippen LogP contribution in [-0.4, -0.2) is 28.1 Å². The quantitative estimate of drug-likeness (QED) is 0.349. The summed E-state index contributed by atoms with van der Waals surface area (Å²) in [5, 5.41) is 0.183. The highest BCUT2D eigenvalue weighted by Crippen LogP contribution is 2.36. The van der Waals surface area contributed by atoms with Gasteiger partial charge in [-0.25, -0.2) is 9.69 Å². The van der Waals surface area contributed by atoms with E-state index in [0.717, 1.165) is 0 Å². The minimum absolute atomic E-state index is 0.183. The van der Waals surface area contributed by atoms with E-state index in [0.29, 0.717) is 18.7 Å². The normalized spacial score (nSPS) is 11.4. The van der Waals surface area contributed by atoms with E-state index in [2.05, 4.69) is 45.8 Å². The largest absolute Gasteiger partial charge is 0.452 e. The van der Waals surface area contributed by atoms with Gasteiger partial charge in [-0.05, 0) is 30.3 Å². The second kappa shape index (κ2) is 8.18. The summed E-state index contributed by atoms with van der Waals surface area (Å²) in [6, 6.07) is 12.1. The fourth-order valence-electron chi connectivity index (χ4n) is 1.59. The zero-order chi connectivity index (χ0) is 17.5. The lowest BCUT2D eigenvalue weighted by atomic mass is 10.2. The van der Waals surface area contributed by atoms with Gasteiger partial charge in [-0.1, -0.05) is 44.9 Å². The van der Waals surface area contributed by atoms with Crippen molar-refractivity contribution in [2.75, 3.05) is 18.6 Å². The molecule has 0 atom stereocenters. The Hall–Kier alpha value is -1.77. The maximum atomic E-state index is 11.8. The second-order valence-electron chi connectivity index (χ2n) is 6.79. The van der Waals surface area contributed by atoms with Crippen LogP contribution < -0.4 is 4.90 Å². The van der Waals surface area contributed by atoms with Crippen molar-refractivity contribution < 1.29 is 14.0 Å². The molecule has 0 fully saturated rings. The highest BCUT2D eigenvalue weighted by Gasteiger charge is 2.36. The van der Waals surface area contributed by atoms with Gasteiger partial charge in [0.15, 0.2) is 8.32 Å². The van der Waals surface area contributed by atoms with E-state index in [1.165, 1.54) is 12.0 Å². The zero-order valence-corrected chi connectivity index (χ0v) is 16.0. The first-order chi connectivity index (χ1) is 10.7. The SMILES string of the molecule is COC(=O)N(C#CCCO[Si](C)(C)C(C)(C)C)c1ccccc1. The zero-order valence-electron chi connectivity index (χ0n) is 15.0. The molecular weight excluding hydrogens is 306 g/mol. The lowest BCUT2D eigenvalue weighted by Crippen LogP contribution is -2.40.